The fraction of sp³-hybridized carbons (Fsp3) is 0.263. The maximum absolute atomic E-state index is 13.1. The summed E-state index contributed by atoms with van der Waals surface area (Å²) < 4.78 is 18.5. The molecule has 0 aromatic heterocycles. The summed E-state index contributed by atoms with van der Waals surface area (Å²) in [6.45, 7) is 4.10. The van der Waals surface area contributed by atoms with Gasteiger partial charge in [-0.15, -0.1) is 0 Å². The largest absolute Gasteiger partial charge is 0.494 e. The molecule has 2 aromatic carbocycles. The van der Waals surface area contributed by atoms with Gasteiger partial charge in [-0.2, -0.15) is 0 Å². The number of nitrogens with one attached hydrogen (secondary N) is 1. The van der Waals surface area contributed by atoms with E-state index in [1.165, 1.54) is 30.0 Å². The van der Waals surface area contributed by atoms with E-state index in [9.17, 15) is 14.0 Å². The molecule has 138 valence electrons. The first-order chi connectivity index (χ1) is 12.4. The minimum atomic E-state index is -0.553. The lowest BCUT2D eigenvalue weighted by Gasteiger charge is -2.21. The van der Waals surface area contributed by atoms with Gasteiger partial charge in [-0.3, -0.25) is 9.59 Å². The van der Waals surface area contributed by atoms with Crippen LogP contribution in [-0.4, -0.2) is 25.0 Å². The van der Waals surface area contributed by atoms with Crippen molar-refractivity contribution in [2.75, 3.05) is 23.4 Å². The first kappa shape index (κ1) is 19.7. The van der Waals surface area contributed by atoms with Crippen molar-refractivity contribution in [2.45, 2.75) is 20.3 Å². The number of rotatable bonds is 7. The van der Waals surface area contributed by atoms with Gasteiger partial charge in [0.05, 0.1) is 11.6 Å². The van der Waals surface area contributed by atoms with Crippen molar-refractivity contribution in [1.29, 1.82) is 0 Å². The zero-order valence-electron chi connectivity index (χ0n) is 14.6. The number of ether oxygens (including phenoxy) is 1. The standard InChI is InChI=1S/C19H20ClFN2O3/c1-3-26-16-7-5-15(6-8-16)23(13(2)24)11-10-19(25)22-14-4-9-18(21)17(20)12-14/h4-9,12H,3,10-11H2,1-2H3,(H,22,25). The predicted octanol–water partition coefficient (Wildman–Crippen LogP) is 4.26. The van der Waals surface area contributed by atoms with Gasteiger partial charge in [0.2, 0.25) is 11.8 Å². The Bertz CT molecular complexity index is 781. The van der Waals surface area contributed by atoms with Crippen LogP contribution in [0.5, 0.6) is 5.75 Å². The molecular weight excluding hydrogens is 359 g/mol. The minimum Gasteiger partial charge on any atom is -0.494 e. The lowest BCUT2D eigenvalue weighted by molar-refractivity contribution is -0.117. The number of halogens is 2. The molecule has 0 aliphatic carbocycles. The third-order valence-electron chi connectivity index (χ3n) is 3.61. The van der Waals surface area contributed by atoms with Crippen LogP contribution in [0.25, 0.3) is 0 Å². The van der Waals surface area contributed by atoms with Gasteiger partial charge in [-0.05, 0) is 49.4 Å². The third-order valence-corrected chi connectivity index (χ3v) is 3.89. The average molecular weight is 379 g/mol. The minimum absolute atomic E-state index is 0.0671. The smallest absolute Gasteiger partial charge is 0.226 e. The molecule has 0 aliphatic rings. The van der Waals surface area contributed by atoms with Crippen molar-refractivity contribution in [2.24, 2.45) is 0 Å². The summed E-state index contributed by atoms with van der Waals surface area (Å²) in [6.07, 6.45) is 0.0851. The monoisotopic (exact) mass is 378 g/mol. The van der Waals surface area contributed by atoms with E-state index in [0.29, 0.717) is 23.7 Å². The van der Waals surface area contributed by atoms with Crippen LogP contribution in [-0.2, 0) is 9.59 Å². The zero-order chi connectivity index (χ0) is 19.1. The van der Waals surface area contributed by atoms with Gasteiger partial charge >= 0.3 is 0 Å². The molecule has 0 heterocycles. The number of hydrogen-bond acceptors (Lipinski definition) is 3. The Morgan fingerprint density at radius 2 is 1.88 bits per heavy atom. The molecule has 0 radical (unpaired) electrons. The van der Waals surface area contributed by atoms with Gasteiger partial charge in [-0.25, -0.2) is 4.39 Å². The van der Waals surface area contributed by atoms with E-state index in [4.69, 9.17) is 16.3 Å². The van der Waals surface area contributed by atoms with Gasteiger partial charge in [0.15, 0.2) is 0 Å². The number of anilines is 2. The van der Waals surface area contributed by atoms with Gasteiger partial charge in [0, 0.05) is 31.3 Å². The van der Waals surface area contributed by atoms with Gasteiger partial charge in [-0.1, -0.05) is 11.6 Å². The normalized spacial score (nSPS) is 10.3. The summed E-state index contributed by atoms with van der Waals surface area (Å²) in [4.78, 5) is 25.5. The molecule has 5 nitrogen and oxygen atoms in total. The van der Waals surface area contributed by atoms with E-state index in [1.54, 1.807) is 24.3 Å². The molecular formula is C19H20ClFN2O3. The van der Waals surface area contributed by atoms with Gasteiger partial charge < -0.3 is 15.0 Å². The highest BCUT2D eigenvalue weighted by Gasteiger charge is 2.14. The molecule has 7 heteroatoms. The average Bonchev–Trinajstić information content (AvgIpc) is 2.60. The number of nitrogens with zero attached hydrogens (tertiary/aromatic N) is 1. The molecule has 1 N–H and O–H groups in total. The van der Waals surface area contributed by atoms with Crippen LogP contribution in [0.4, 0.5) is 15.8 Å². The second-order valence-corrected chi connectivity index (χ2v) is 5.93. The molecule has 0 spiro atoms. The second-order valence-electron chi connectivity index (χ2n) is 5.52. The number of hydrogen-bond donors (Lipinski definition) is 1. The number of benzene rings is 2. The van der Waals surface area contributed by atoms with Crippen molar-refractivity contribution in [3.8, 4) is 5.75 Å². The molecule has 0 saturated heterocycles. The van der Waals surface area contributed by atoms with Crippen LogP contribution in [0.15, 0.2) is 42.5 Å². The van der Waals surface area contributed by atoms with Crippen LogP contribution in [0.3, 0.4) is 0 Å². The van der Waals surface area contributed by atoms with Crippen molar-refractivity contribution >= 4 is 34.8 Å². The molecule has 0 unspecified atom stereocenters. The quantitative estimate of drug-likeness (QED) is 0.783. The molecule has 26 heavy (non-hydrogen) atoms. The predicted molar refractivity (Wildman–Crippen MR) is 100 cm³/mol. The van der Waals surface area contributed by atoms with E-state index in [1.807, 2.05) is 6.92 Å². The highest BCUT2D eigenvalue weighted by atomic mass is 35.5. The number of carbonyl (C=O) groups is 2. The van der Waals surface area contributed by atoms with E-state index >= 15 is 0 Å². The summed E-state index contributed by atoms with van der Waals surface area (Å²) >= 11 is 5.69. The summed E-state index contributed by atoms with van der Waals surface area (Å²) in [5.74, 6) is -0.315. The summed E-state index contributed by atoms with van der Waals surface area (Å²) in [5.41, 5.74) is 1.08. The third kappa shape index (κ3) is 5.46. The van der Waals surface area contributed by atoms with Crippen LogP contribution < -0.4 is 15.0 Å². The highest BCUT2D eigenvalue weighted by Crippen LogP contribution is 2.21. The Hall–Kier alpha value is -2.60. The topological polar surface area (TPSA) is 58.6 Å². The first-order valence-electron chi connectivity index (χ1n) is 8.16. The number of carbonyl (C=O) groups excluding carboxylic acids is 2. The lowest BCUT2D eigenvalue weighted by atomic mass is 10.2. The van der Waals surface area contributed by atoms with Crippen molar-refractivity contribution in [3.63, 3.8) is 0 Å². The molecule has 2 amide bonds. The molecule has 0 aliphatic heterocycles. The Labute approximate surface area is 156 Å². The molecule has 2 rings (SSSR count). The maximum atomic E-state index is 13.1. The van der Waals surface area contributed by atoms with Gasteiger partial charge in [0.25, 0.3) is 0 Å². The first-order valence-corrected chi connectivity index (χ1v) is 8.54. The maximum Gasteiger partial charge on any atom is 0.226 e. The van der Waals surface area contributed by atoms with E-state index < -0.39 is 5.82 Å². The Morgan fingerprint density at radius 3 is 2.46 bits per heavy atom. The van der Waals surface area contributed by atoms with Crippen molar-refractivity contribution in [3.05, 3.63) is 53.3 Å². The Morgan fingerprint density at radius 1 is 1.19 bits per heavy atom. The summed E-state index contributed by atoms with van der Waals surface area (Å²) in [5, 5.41) is 2.57. The number of amides is 2. The van der Waals surface area contributed by atoms with Crippen LogP contribution in [0.2, 0.25) is 5.02 Å². The van der Waals surface area contributed by atoms with Crippen molar-refractivity contribution in [1.82, 2.24) is 0 Å². The summed E-state index contributed by atoms with van der Waals surface area (Å²) in [6, 6.07) is 11.0. The lowest BCUT2D eigenvalue weighted by Crippen LogP contribution is -2.31. The zero-order valence-corrected chi connectivity index (χ0v) is 15.3. The molecule has 0 atom stereocenters. The Kier molecular flexibility index (Phi) is 6.97. The van der Waals surface area contributed by atoms with Crippen LogP contribution in [0, 0.1) is 5.82 Å². The summed E-state index contributed by atoms with van der Waals surface area (Å²) in [7, 11) is 0. The second kappa shape index (κ2) is 9.20. The molecule has 0 bridgehead atoms. The van der Waals surface area contributed by atoms with E-state index in [-0.39, 0.29) is 29.8 Å². The molecule has 0 fully saturated rings. The van der Waals surface area contributed by atoms with Crippen LogP contribution >= 0.6 is 11.6 Å². The SMILES string of the molecule is CCOc1ccc(N(CCC(=O)Nc2ccc(F)c(Cl)c2)C(C)=O)cc1. The molecule has 0 saturated carbocycles. The highest BCUT2D eigenvalue weighted by molar-refractivity contribution is 6.31. The van der Waals surface area contributed by atoms with E-state index in [2.05, 4.69) is 5.32 Å². The molecule has 2 aromatic rings. The van der Waals surface area contributed by atoms with Gasteiger partial charge in [0.1, 0.15) is 11.6 Å². The van der Waals surface area contributed by atoms with Crippen LogP contribution in [0.1, 0.15) is 20.3 Å². The van der Waals surface area contributed by atoms with E-state index in [0.717, 1.165) is 0 Å². The Balaban J connectivity index is 1.98. The fourth-order valence-corrected chi connectivity index (χ4v) is 2.55. The fourth-order valence-electron chi connectivity index (χ4n) is 2.37. The van der Waals surface area contributed by atoms with Crippen molar-refractivity contribution < 1.29 is 18.7 Å².